The predicted octanol–water partition coefficient (Wildman–Crippen LogP) is 3.10. The second-order valence-electron chi connectivity index (χ2n) is 4.05. The van der Waals surface area contributed by atoms with Gasteiger partial charge in [-0.3, -0.25) is 0 Å². The number of aromatic nitrogens is 2. The lowest BCUT2D eigenvalue weighted by Gasteiger charge is -2.07. The second kappa shape index (κ2) is 6.78. The number of nitrogens with two attached hydrogens (primary N) is 1. The Bertz CT molecular complexity index is 521. The van der Waals surface area contributed by atoms with Gasteiger partial charge in [-0.25, -0.2) is 4.68 Å². The molecule has 0 aliphatic heterocycles. The molecule has 0 amide bonds. The van der Waals surface area contributed by atoms with Crippen molar-refractivity contribution in [2.75, 3.05) is 0 Å². The number of para-hydroxylation sites is 1. The van der Waals surface area contributed by atoms with Gasteiger partial charge in [-0.05, 0) is 32.4 Å². The molecule has 1 aromatic carbocycles. The van der Waals surface area contributed by atoms with Crippen LogP contribution in [0.5, 0.6) is 0 Å². The summed E-state index contributed by atoms with van der Waals surface area (Å²) in [6.07, 6.45) is 0. The van der Waals surface area contributed by atoms with Crippen molar-refractivity contribution in [2.24, 2.45) is 5.73 Å². The highest BCUT2D eigenvalue weighted by atomic mass is 35.5. The van der Waals surface area contributed by atoms with Crippen molar-refractivity contribution in [2.45, 2.75) is 27.3 Å². The lowest BCUT2D eigenvalue weighted by Crippen LogP contribution is -2.03. The number of halogens is 2. The van der Waals surface area contributed by atoms with Gasteiger partial charge < -0.3 is 5.73 Å². The highest BCUT2D eigenvalue weighted by Crippen LogP contribution is 2.19. The van der Waals surface area contributed by atoms with Crippen molar-refractivity contribution in [1.29, 1.82) is 0 Å². The van der Waals surface area contributed by atoms with Crippen molar-refractivity contribution >= 4 is 24.8 Å². The second-order valence-corrected chi connectivity index (χ2v) is 4.05. The van der Waals surface area contributed by atoms with Gasteiger partial charge in [0, 0.05) is 17.8 Å². The van der Waals surface area contributed by atoms with Crippen molar-refractivity contribution in [1.82, 2.24) is 9.78 Å². The van der Waals surface area contributed by atoms with Gasteiger partial charge in [-0.2, -0.15) is 5.10 Å². The Hall–Kier alpha value is -1.03. The van der Waals surface area contributed by atoms with Crippen LogP contribution < -0.4 is 5.73 Å². The molecule has 5 heteroatoms. The van der Waals surface area contributed by atoms with Crippen LogP contribution in [0.4, 0.5) is 0 Å². The minimum Gasteiger partial charge on any atom is -0.326 e. The Morgan fingerprint density at radius 1 is 1.11 bits per heavy atom. The third-order valence-electron chi connectivity index (χ3n) is 2.99. The number of hydrogen-bond donors (Lipinski definition) is 1. The van der Waals surface area contributed by atoms with Gasteiger partial charge in [-0.15, -0.1) is 24.8 Å². The van der Waals surface area contributed by atoms with Gasteiger partial charge in [0.15, 0.2) is 0 Å². The lowest BCUT2D eigenvalue weighted by molar-refractivity contribution is 0.826. The maximum absolute atomic E-state index is 5.73. The molecule has 0 atom stereocenters. The molecule has 100 valence electrons. The zero-order valence-corrected chi connectivity index (χ0v) is 12.4. The Morgan fingerprint density at radius 2 is 1.72 bits per heavy atom. The minimum atomic E-state index is 0. The van der Waals surface area contributed by atoms with E-state index in [0.717, 1.165) is 22.6 Å². The van der Waals surface area contributed by atoms with Crippen LogP contribution in [0.1, 0.15) is 22.5 Å². The first-order valence-corrected chi connectivity index (χ1v) is 5.46. The van der Waals surface area contributed by atoms with Crippen LogP contribution in [0.25, 0.3) is 5.69 Å². The van der Waals surface area contributed by atoms with E-state index in [0.29, 0.717) is 6.54 Å². The van der Waals surface area contributed by atoms with Crippen molar-refractivity contribution in [3.8, 4) is 5.69 Å². The van der Waals surface area contributed by atoms with Crippen LogP contribution >= 0.6 is 24.8 Å². The van der Waals surface area contributed by atoms with Crippen LogP contribution in [0.2, 0.25) is 0 Å². The van der Waals surface area contributed by atoms with Gasteiger partial charge in [0.2, 0.25) is 0 Å². The number of aryl methyl sites for hydroxylation is 2. The summed E-state index contributed by atoms with van der Waals surface area (Å²) in [6.45, 7) is 6.70. The van der Waals surface area contributed by atoms with E-state index >= 15 is 0 Å². The third kappa shape index (κ3) is 2.86. The Labute approximate surface area is 120 Å². The minimum absolute atomic E-state index is 0. The zero-order chi connectivity index (χ0) is 11.7. The monoisotopic (exact) mass is 287 g/mol. The molecular weight excluding hydrogens is 269 g/mol. The molecule has 0 bridgehead atoms. The summed E-state index contributed by atoms with van der Waals surface area (Å²) in [6, 6.07) is 8.23. The summed E-state index contributed by atoms with van der Waals surface area (Å²) in [7, 11) is 0. The van der Waals surface area contributed by atoms with Gasteiger partial charge in [0.25, 0.3) is 0 Å². The van der Waals surface area contributed by atoms with Crippen LogP contribution in [0, 0.1) is 20.8 Å². The standard InChI is InChI=1S/C13H17N3.2ClH/c1-9-6-4-5-7-13(9)16-11(3)12(8-14)10(2)15-16;;/h4-7H,8,14H2,1-3H3;2*1H. The summed E-state index contributed by atoms with van der Waals surface area (Å²) < 4.78 is 1.98. The molecule has 2 aromatic rings. The van der Waals surface area contributed by atoms with Crippen molar-refractivity contribution in [3.05, 3.63) is 46.8 Å². The Balaban J connectivity index is 0.00000144. The molecule has 0 fully saturated rings. The average Bonchev–Trinajstić information content (AvgIpc) is 2.55. The first kappa shape index (κ1) is 17.0. The molecule has 0 saturated heterocycles. The molecule has 1 aromatic heterocycles. The molecule has 0 unspecified atom stereocenters. The fourth-order valence-electron chi connectivity index (χ4n) is 2.01. The maximum Gasteiger partial charge on any atom is 0.0678 e. The van der Waals surface area contributed by atoms with Crippen molar-refractivity contribution in [3.63, 3.8) is 0 Å². The molecule has 2 N–H and O–H groups in total. The molecule has 0 saturated carbocycles. The fraction of sp³-hybridized carbons (Fsp3) is 0.308. The molecule has 0 radical (unpaired) electrons. The fourth-order valence-corrected chi connectivity index (χ4v) is 2.01. The maximum atomic E-state index is 5.73. The molecule has 0 aliphatic carbocycles. The van der Waals surface area contributed by atoms with E-state index in [1.807, 2.05) is 23.7 Å². The van der Waals surface area contributed by atoms with Crippen LogP contribution in [-0.4, -0.2) is 9.78 Å². The van der Waals surface area contributed by atoms with E-state index in [1.165, 1.54) is 5.56 Å². The van der Waals surface area contributed by atoms with E-state index < -0.39 is 0 Å². The quantitative estimate of drug-likeness (QED) is 0.922. The van der Waals surface area contributed by atoms with Gasteiger partial charge >= 0.3 is 0 Å². The topological polar surface area (TPSA) is 43.8 Å². The van der Waals surface area contributed by atoms with E-state index in [-0.39, 0.29) is 24.8 Å². The number of nitrogens with zero attached hydrogens (tertiary/aromatic N) is 2. The summed E-state index contributed by atoms with van der Waals surface area (Å²) >= 11 is 0. The van der Waals surface area contributed by atoms with E-state index in [1.54, 1.807) is 0 Å². The van der Waals surface area contributed by atoms with Crippen LogP contribution in [-0.2, 0) is 6.54 Å². The predicted molar refractivity (Wildman–Crippen MR) is 80.2 cm³/mol. The van der Waals surface area contributed by atoms with E-state index in [4.69, 9.17) is 5.73 Å². The van der Waals surface area contributed by atoms with Gasteiger partial charge in [0.1, 0.15) is 0 Å². The SMILES string of the molecule is Cc1ccccc1-n1nc(C)c(CN)c1C.Cl.Cl. The number of hydrogen-bond acceptors (Lipinski definition) is 2. The van der Waals surface area contributed by atoms with Crippen molar-refractivity contribution < 1.29 is 0 Å². The van der Waals surface area contributed by atoms with E-state index in [9.17, 15) is 0 Å². The molecule has 0 aliphatic rings. The zero-order valence-electron chi connectivity index (χ0n) is 10.8. The highest BCUT2D eigenvalue weighted by Gasteiger charge is 2.11. The molecule has 18 heavy (non-hydrogen) atoms. The van der Waals surface area contributed by atoms with Gasteiger partial charge in [-0.1, -0.05) is 18.2 Å². The summed E-state index contributed by atoms with van der Waals surface area (Å²) in [5.74, 6) is 0. The van der Waals surface area contributed by atoms with Crippen LogP contribution in [0.3, 0.4) is 0 Å². The van der Waals surface area contributed by atoms with Gasteiger partial charge in [0.05, 0.1) is 11.4 Å². The molecule has 3 nitrogen and oxygen atoms in total. The Kier molecular flexibility index (Phi) is 6.39. The molecular formula is C13H19Cl2N3. The summed E-state index contributed by atoms with van der Waals surface area (Å²) in [4.78, 5) is 0. The van der Waals surface area contributed by atoms with Crippen LogP contribution in [0.15, 0.2) is 24.3 Å². The number of benzene rings is 1. The number of rotatable bonds is 2. The largest absolute Gasteiger partial charge is 0.326 e. The smallest absolute Gasteiger partial charge is 0.0678 e. The first-order chi connectivity index (χ1) is 7.65. The molecule has 2 rings (SSSR count). The highest BCUT2D eigenvalue weighted by molar-refractivity contribution is 5.85. The molecule has 0 spiro atoms. The summed E-state index contributed by atoms with van der Waals surface area (Å²) in [5.41, 5.74) is 11.4. The Morgan fingerprint density at radius 3 is 2.22 bits per heavy atom. The lowest BCUT2D eigenvalue weighted by atomic mass is 10.2. The van der Waals surface area contributed by atoms with E-state index in [2.05, 4.69) is 31.1 Å². The normalized spacial score (nSPS) is 9.56. The first-order valence-electron chi connectivity index (χ1n) is 5.46. The summed E-state index contributed by atoms with van der Waals surface area (Å²) in [5, 5.41) is 4.55. The third-order valence-corrected chi connectivity index (χ3v) is 2.99. The average molecular weight is 288 g/mol. The molecule has 1 heterocycles.